The smallest absolute Gasteiger partial charge is 0.257 e. The van der Waals surface area contributed by atoms with E-state index in [4.69, 9.17) is 0 Å². The Morgan fingerprint density at radius 2 is 1.78 bits per heavy atom. The molecule has 0 bridgehead atoms. The summed E-state index contributed by atoms with van der Waals surface area (Å²) in [4.78, 5) is 29.9. The van der Waals surface area contributed by atoms with Crippen LogP contribution in [0.5, 0.6) is 0 Å². The summed E-state index contributed by atoms with van der Waals surface area (Å²) in [5.41, 5.74) is 6.33. The second-order valence-corrected chi connectivity index (χ2v) is 9.26. The fourth-order valence-corrected chi connectivity index (χ4v) is 4.54. The maximum absolute atomic E-state index is 13.0. The maximum Gasteiger partial charge on any atom is 0.257 e. The molecule has 5 aromatic rings. The molecule has 0 radical (unpaired) electrons. The number of aromatic amines is 1. The van der Waals surface area contributed by atoms with Crippen molar-refractivity contribution in [1.29, 1.82) is 0 Å². The molecule has 0 unspecified atom stereocenters. The zero-order chi connectivity index (χ0) is 24.6. The van der Waals surface area contributed by atoms with Gasteiger partial charge < -0.3 is 20.1 Å². The van der Waals surface area contributed by atoms with Gasteiger partial charge in [-0.3, -0.25) is 9.78 Å². The first-order valence-electron chi connectivity index (χ1n) is 12.0. The van der Waals surface area contributed by atoms with Crippen molar-refractivity contribution in [2.24, 2.45) is 0 Å². The van der Waals surface area contributed by atoms with E-state index in [2.05, 4.69) is 53.4 Å². The van der Waals surface area contributed by atoms with E-state index < -0.39 is 0 Å². The third-order valence-electron chi connectivity index (χ3n) is 6.60. The third-order valence-corrected chi connectivity index (χ3v) is 6.60. The fraction of sp³-hybridized carbons (Fsp3) is 0.222. The molecule has 2 N–H and O–H groups in total. The highest BCUT2D eigenvalue weighted by atomic mass is 16.1. The lowest BCUT2D eigenvalue weighted by atomic mass is 10.0. The molecule has 1 aliphatic heterocycles. The zero-order valence-corrected chi connectivity index (χ0v) is 20.2. The van der Waals surface area contributed by atoms with Crippen LogP contribution in [0.3, 0.4) is 0 Å². The van der Waals surface area contributed by atoms with E-state index >= 15 is 0 Å². The Morgan fingerprint density at radius 3 is 2.64 bits per heavy atom. The Bertz CT molecular complexity index is 1590. The molecule has 9 heteroatoms. The van der Waals surface area contributed by atoms with E-state index in [1.807, 2.05) is 49.5 Å². The standard InChI is InChI=1S/C27H26N8O/c1-17-11-23-24(30-17)13-21(16-29-23)18-3-4-22-20(12-18)14-25(33-32-22)31-27(36)19-5-6-28-26(15-19)35-9-7-34(2)8-10-35/h3-6,11-16,30H,7-10H2,1-2H3,(H,31,33,36). The maximum atomic E-state index is 13.0. The van der Waals surface area contributed by atoms with Gasteiger partial charge in [0.1, 0.15) is 5.82 Å². The van der Waals surface area contributed by atoms with Crippen LogP contribution in [0, 0.1) is 6.92 Å². The van der Waals surface area contributed by atoms with Gasteiger partial charge in [-0.1, -0.05) is 6.07 Å². The van der Waals surface area contributed by atoms with Gasteiger partial charge in [0, 0.05) is 60.8 Å². The predicted octanol–water partition coefficient (Wildman–Crippen LogP) is 3.88. The van der Waals surface area contributed by atoms with Crippen molar-refractivity contribution in [3.63, 3.8) is 0 Å². The number of hydrogen-bond donors (Lipinski definition) is 2. The third kappa shape index (κ3) is 4.36. The Balaban J connectivity index is 1.24. The van der Waals surface area contributed by atoms with Gasteiger partial charge >= 0.3 is 0 Å². The van der Waals surface area contributed by atoms with Crippen molar-refractivity contribution in [2.75, 3.05) is 43.4 Å². The summed E-state index contributed by atoms with van der Waals surface area (Å²) >= 11 is 0. The number of hydrogen-bond acceptors (Lipinski definition) is 7. The van der Waals surface area contributed by atoms with Crippen LogP contribution in [0.15, 0.2) is 60.9 Å². The number of likely N-dealkylation sites (N-methyl/N-ethyl adjacent to an activating group) is 1. The first-order valence-corrected chi connectivity index (χ1v) is 12.0. The SMILES string of the molecule is Cc1cc2ncc(-c3ccc4nnc(NC(=O)c5ccnc(N6CCN(C)CC6)c5)cc4c3)cc2[nH]1. The number of rotatable bonds is 4. The molecule has 1 amide bonds. The number of nitrogens with zero attached hydrogens (tertiary/aromatic N) is 6. The molecular weight excluding hydrogens is 452 g/mol. The lowest BCUT2D eigenvalue weighted by Gasteiger charge is -2.33. The summed E-state index contributed by atoms with van der Waals surface area (Å²) in [7, 11) is 2.11. The molecule has 36 heavy (non-hydrogen) atoms. The Morgan fingerprint density at radius 1 is 0.917 bits per heavy atom. The number of nitrogens with one attached hydrogen (secondary N) is 2. The Labute approximate surface area is 208 Å². The highest BCUT2D eigenvalue weighted by molar-refractivity contribution is 6.04. The quantitative estimate of drug-likeness (QED) is 0.404. The van der Waals surface area contributed by atoms with Gasteiger partial charge in [0.2, 0.25) is 0 Å². The highest BCUT2D eigenvalue weighted by Crippen LogP contribution is 2.26. The van der Waals surface area contributed by atoms with Crippen LogP contribution >= 0.6 is 0 Å². The highest BCUT2D eigenvalue weighted by Gasteiger charge is 2.17. The van der Waals surface area contributed by atoms with Gasteiger partial charge in [0.25, 0.3) is 5.91 Å². The minimum atomic E-state index is -0.241. The van der Waals surface area contributed by atoms with Crippen molar-refractivity contribution in [3.8, 4) is 11.1 Å². The number of H-pyrrole nitrogens is 1. The van der Waals surface area contributed by atoms with E-state index in [1.54, 1.807) is 12.3 Å². The topological polar surface area (TPSA) is 103 Å². The fourth-order valence-electron chi connectivity index (χ4n) is 4.54. The van der Waals surface area contributed by atoms with Crippen LogP contribution in [0.25, 0.3) is 33.1 Å². The largest absolute Gasteiger partial charge is 0.357 e. The van der Waals surface area contributed by atoms with Gasteiger partial charge in [0.05, 0.1) is 16.6 Å². The minimum absolute atomic E-state index is 0.241. The van der Waals surface area contributed by atoms with E-state index in [0.717, 1.165) is 70.8 Å². The molecule has 0 spiro atoms. The number of pyridine rings is 2. The summed E-state index contributed by atoms with van der Waals surface area (Å²) < 4.78 is 0. The van der Waals surface area contributed by atoms with Gasteiger partial charge in [0.15, 0.2) is 5.82 Å². The Hall–Kier alpha value is -4.37. The summed E-state index contributed by atoms with van der Waals surface area (Å²) in [5.74, 6) is 0.971. The van der Waals surface area contributed by atoms with Crippen molar-refractivity contribution in [3.05, 3.63) is 72.2 Å². The van der Waals surface area contributed by atoms with Gasteiger partial charge in [-0.2, -0.15) is 0 Å². The van der Waals surface area contributed by atoms with Crippen molar-refractivity contribution >= 4 is 39.5 Å². The van der Waals surface area contributed by atoms with Crippen LogP contribution in [-0.2, 0) is 0 Å². The predicted molar refractivity (Wildman–Crippen MR) is 141 cm³/mol. The van der Waals surface area contributed by atoms with E-state index in [9.17, 15) is 4.79 Å². The van der Waals surface area contributed by atoms with Crippen LogP contribution < -0.4 is 10.2 Å². The molecule has 0 atom stereocenters. The monoisotopic (exact) mass is 478 g/mol. The van der Waals surface area contributed by atoms with Crippen molar-refractivity contribution in [1.82, 2.24) is 30.0 Å². The van der Waals surface area contributed by atoms with Gasteiger partial charge in [-0.25, -0.2) is 4.98 Å². The molecule has 4 aromatic heterocycles. The summed E-state index contributed by atoms with van der Waals surface area (Å²) in [6.45, 7) is 5.74. The number of aromatic nitrogens is 5. The number of fused-ring (bicyclic) bond motifs is 2. The molecule has 5 heterocycles. The molecule has 1 aromatic carbocycles. The molecule has 1 fully saturated rings. The summed E-state index contributed by atoms with van der Waals surface area (Å²) in [5, 5.41) is 12.3. The Kier molecular flexibility index (Phi) is 5.54. The van der Waals surface area contributed by atoms with Crippen LogP contribution in [0.4, 0.5) is 11.6 Å². The van der Waals surface area contributed by atoms with Crippen molar-refractivity contribution in [2.45, 2.75) is 6.92 Å². The molecule has 0 saturated carbocycles. The normalized spacial score (nSPS) is 14.4. The molecule has 180 valence electrons. The van der Waals surface area contributed by atoms with Crippen LogP contribution in [-0.4, -0.2) is 69.2 Å². The lowest BCUT2D eigenvalue weighted by Crippen LogP contribution is -2.44. The summed E-state index contributed by atoms with van der Waals surface area (Å²) in [6, 6.07) is 15.5. The molecular formula is C27H26N8O. The summed E-state index contributed by atoms with van der Waals surface area (Å²) in [6.07, 6.45) is 3.55. The van der Waals surface area contributed by atoms with E-state index in [1.165, 1.54) is 0 Å². The van der Waals surface area contributed by atoms with Gasteiger partial charge in [-0.05, 0) is 62.0 Å². The molecule has 6 rings (SSSR count). The second-order valence-electron chi connectivity index (χ2n) is 9.26. The average Bonchev–Trinajstić information content (AvgIpc) is 3.28. The van der Waals surface area contributed by atoms with Crippen molar-refractivity contribution < 1.29 is 4.79 Å². The molecule has 1 aliphatic rings. The molecule has 9 nitrogen and oxygen atoms in total. The van der Waals surface area contributed by atoms with Crippen LogP contribution in [0.2, 0.25) is 0 Å². The number of carbonyl (C=O) groups excluding carboxylic acids is 1. The lowest BCUT2D eigenvalue weighted by molar-refractivity contribution is 0.102. The van der Waals surface area contributed by atoms with Crippen LogP contribution in [0.1, 0.15) is 16.1 Å². The number of benzene rings is 1. The molecule has 1 saturated heterocycles. The van der Waals surface area contributed by atoms with Gasteiger partial charge in [-0.15, -0.1) is 10.2 Å². The first-order chi connectivity index (χ1) is 17.5. The average molecular weight is 479 g/mol. The number of amides is 1. The first kappa shape index (κ1) is 22.1. The second kappa shape index (κ2) is 9.01. The number of anilines is 2. The van der Waals surface area contributed by atoms with E-state index in [-0.39, 0.29) is 5.91 Å². The van der Waals surface area contributed by atoms with E-state index in [0.29, 0.717) is 11.4 Å². The number of piperazine rings is 1. The number of carbonyl (C=O) groups is 1. The zero-order valence-electron chi connectivity index (χ0n) is 20.2. The molecule has 0 aliphatic carbocycles. The number of aryl methyl sites for hydroxylation is 1. The minimum Gasteiger partial charge on any atom is -0.357 e.